The summed E-state index contributed by atoms with van der Waals surface area (Å²) in [6, 6.07) is 12.8. The number of fused-ring (bicyclic) bond motifs is 2. The maximum absolute atomic E-state index is 14.7. The number of anilines is 1. The summed E-state index contributed by atoms with van der Waals surface area (Å²) in [4.78, 5) is 45.7. The van der Waals surface area contributed by atoms with Gasteiger partial charge in [-0.2, -0.15) is 0 Å². The average Bonchev–Trinajstić information content (AvgIpc) is 3.50. The molecule has 0 aliphatic carbocycles. The second kappa shape index (κ2) is 12.0. The predicted octanol–water partition coefficient (Wildman–Crippen LogP) is 4.65. The third kappa shape index (κ3) is 4.84. The second-order valence-electron chi connectivity index (χ2n) is 12.0. The van der Waals surface area contributed by atoms with Gasteiger partial charge in [-0.15, -0.1) is 13.2 Å². The van der Waals surface area contributed by atoms with E-state index in [0.29, 0.717) is 24.9 Å². The molecule has 2 aromatic rings. The van der Waals surface area contributed by atoms with Gasteiger partial charge in [0.05, 0.1) is 18.1 Å². The van der Waals surface area contributed by atoms with Crippen LogP contribution in [-0.2, 0) is 23.9 Å². The van der Waals surface area contributed by atoms with E-state index in [2.05, 4.69) is 13.2 Å². The maximum atomic E-state index is 14.7. The molecule has 0 saturated carbocycles. The van der Waals surface area contributed by atoms with Gasteiger partial charge in [-0.1, -0.05) is 49.4 Å². The van der Waals surface area contributed by atoms with Crippen molar-refractivity contribution in [1.29, 1.82) is 0 Å². The topological polar surface area (TPSA) is 96.4 Å². The molecule has 8 nitrogen and oxygen atoms in total. The third-order valence-corrected chi connectivity index (χ3v) is 9.53. The standard InChI is InChI=1S/C34H42N2O6/c1-5-7-8-11-20-41-32(40)28-27-30(38)36(18-12-19-37)29(34(27)22-23(3)33(28,4)42-34)31(39)35(17-6-2)26-16-15-24-13-9-10-14-25(24)21-26/h5-6,9-10,13-16,21,23,27-29,37H,1-2,7-8,11-12,17-20,22H2,3-4H3/t23?,27-,28-,29?,33+,34?/m0/s1. The number of ether oxygens (including phenoxy) is 2. The Labute approximate surface area is 248 Å². The summed E-state index contributed by atoms with van der Waals surface area (Å²) in [6.45, 7) is 12.1. The van der Waals surface area contributed by atoms with Crippen molar-refractivity contribution in [3.63, 3.8) is 0 Å². The highest BCUT2D eigenvalue weighted by Crippen LogP contribution is 2.65. The van der Waals surface area contributed by atoms with Crippen molar-refractivity contribution in [3.8, 4) is 0 Å². The number of aliphatic hydroxyl groups excluding tert-OH is 1. The fraction of sp³-hybridized carbons (Fsp3) is 0.500. The first kappa shape index (κ1) is 30.0. The van der Waals surface area contributed by atoms with Gasteiger partial charge in [0.25, 0.3) is 5.91 Å². The molecule has 8 heteroatoms. The zero-order valence-corrected chi connectivity index (χ0v) is 24.7. The molecular formula is C34H42N2O6. The van der Waals surface area contributed by atoms with Crippen LogP contribution in [0, 0.1) is 17.8 Å². The molecule has 1 N–H and O–H groups in total. The Morgan fingerprint density at radius 2 is 1.90 bits per heavy atom. The van der Waals surface area contributed by atoms with E-state index in [9.17, 15) is 19.5 Å². The third-order valence-electron chi connectivity index (χ3n) is 9.53. The Balaban J connectivity index is 1.52. The molecule has 42 heavy (non-hydrogen) atoms. The van der Waals surface area contributed by atoms with Crippen LogP contribution in [0.5, 0.6) is 0 Å². The van der Waals surface area contributed by atoms with Gasteiger partial charge in [-0.25, -0.2) is 0 Å². The highest BCUT2D eigenvalue weighted by atomic mass is 16.6. The summed E-state index contributed by atoms with van der Waals surface area (Å²) in [5.41, 5.74) is -1.43. The van der Waals surface area contributed by atoms with Crippen molar-refractivity contribution < 1.29 is 29.0 Å². The number of likely N-dealkylation sites (tertiary alicyclic amines) is 1. The number of amides is 2. The smallest absolute Gasteiger partial charge is 0.312 e. The normalized spacial score (nSPS) is 29.5. The van der Waals surface area contributed by atoms with E-state index in [1.807, 2.05) is 62.4 Å². The molecule has 2 aromatic carbocycles. The lowest BCUT2D eigenvalue weighted by molar-refractivity contribution is -0.161. The molecule has 6 atom stereocenters. The lowest BCUT2D eigenvalue weighted by atomic mass is 9.62. The molecule has 3 aliphatic heterocycles. The van der Waals surface area contributed by atoms with Crippen LogP contribution >= 0.6 is 0 Å². The number of unbranched alkanes of at least 4 members (excludes halogenated alkanes) is 2. The SMILES string of the molecule is C=CCCCCOC(=O)[C@@H]1[C@H]2C(=O)N(CCCO)C(C(=O)N(CC=C)c3ccc4ccccc4c3)C23CC(C)[C@@]1(C)O3. The molecule has 0 radical (unpaired) electrons. The van der Waals surface area contributed by atoms with Gasteiger partial charge >= 0.3 is 5.97 Å². The number of carbonyl (C=O) groups is 3. The van der Waals surface area contributed by atoms with Crippen LogP contribution in [0.1, 0.15) is 46.0 Å². The summed E-state index contributed by atoms with van der Waals surface area (Å²) < 4.78 is 12.5. The Kier molecular flexibility index (Phi) is 8.58. The molecule has 3 fully saturated rings. The molecule has 2 amide bonds. The molecule has 3 aliphatic rings. The van der Waals surface area contributed by atoms with Crippen molar-refractivity contribution in [1.82, 2.24) is 4.90 Å². The van der Waals surface area contributed by atoms with E-state index in [-0.39, 0.29) is 44.0 Å². The number of esters is 1. The van der Waals surface area contributed by atoms with E-state index in [0.717, 1.165) is 23.6 Å². The first-order valence-corrected chi connectivity index (χ1v) is 15.0. The Bertz CT molecular complexity index is 1370. The van der Waals surface area contributed by atoms with Crippen LogP contribution in [-0.4, -0.2) is 71.3 Å². The summed E-state index contributed by atoms with van der Waals surface area (Å²) in [6.07, 6.45) is 6.67. The number of carbonyl (C=O) groups excluding carboxylic acids is 3. The van der Waals surface area contributed by atoms with Gasteiger partial charge in [-0.05, 0) is 67.9 Å². The number of nitrogens with zero attached hydrogens (tertiary/aromatic N) is 2. The second-order valence-corrected chi connectivity index (χ2v) is 12.0. The molecule has 3 unspecified atom stereocenters. The Morgan fingerprint density at radius 1 is 1.14 bits per heavy atom. The minimum Gasteiger partial charge on any atom is -0.465 e. The van der Waals surface area contributed by atoms with E-state index < -0.39 is 35.0 Å². The van der Waals surface area contributed by atoms with Gasteiger partial charge < -0.3 is 24.4 Å². The van der Waals surface area contributed by atoms with Gasteiger partial charge in [0.2, 0.25) is 5.91 Å². The number of benzene rings is 2. The van der Waals surface area contributed by atoms with Crippen molar-refractivity contribution in [3.05, 3.63) is 67.8 Å². The highest BCUT2D eigenvalue weighted by Gasteiger charge is 2.80. The van der Waals surface area contributed by atoms with Crippen LogP contribution < -0.4 is 4.90 Å². The number of rotatable bonds is 13. The zero-order valence-electron chi connectivity index (χ0n) is 24.7. The number of hydrogen-bond donors (Lipinski definition) is 1. The number of aliphatic hydroxyl groups is 1. The number of allylic oxidation sites excluding steroid dienone is 1. The molecule has 3 saturated heterocycles. The van der Waals surface area contributed by atoms with Crippen LogP contribution in [0.4, 0.5) is 5.69 Å². The van der Waals surface area contributed by atoms with Crippen molar-refractivity contribution in [2.24, 2.45) is 17.8 Å². The van der Waals surface area contributed by atoms with Gasteiger partial charge in [-0.3, -0.25) is 14.4 Å². The van der Waals surface area contributed by atoms with Crippen LogP contribution in [0.2, 0.25) is 0 Å². The van der Waals surface area contributed by atoms with Crippen LogP contribution in [0.3, 0.4) is 0 Å². The van der Waals surface area contributed by atoms with Crippen LogP contribution in [0.15, 0.2) is 67.8 Å². The molecule has 1 spiro atoms. The minimum atomic E-state index is -1.18. The van der Waals surface area contributed by atoms with Crippen LogP contribution in [0.25, 0.3) is 10.8 Å². The van der Waals surface area contributed by atoms with Crippen molar-refractivity contribution in [2.75, 3.05) is 31.2 Å². The fourth-order valence-electron chi connectivity index (χ4n) is 7.46. The fourth-order valence-corrected chi connectivity index (χ4v) is 7.46. The van der Waals surface area contributed by atoms with Crippen molar-refractivity contribution in [2.45, 2.75) is 63.2 Å². The molecule has 224 valence electrons. The lowest BCUT2D eigenvalue weighted by Crippen LogP contribution is -2.57. The predicted molar refractivity (Wildman–Crippen MR) is 162 cm³/mol. The molecule has 3 heterocycles. The highest BCUT2D eigenvalue weighted by molar-refractivity contribution is 6.05. The Morgan fingerprint density at radius 3 is 2.62 bits per heavy atom. The van der Waals surface area contributed by atoms with E-state index in [1.165, 1.54) is 0 Å². The van der Waals surface area contributed by atoms with E-state index >= 15 is 0 Å². The lowest BCUT2D eigenvalue weighted by Gasteiger charge is -2.37. The maximum Gasteiger partial charge on any atom is 0.312 e. The molecule has 2 bridgehead atoms. The monoisotopic (exact) mass is 574 g/mol. The van der Waals surface area contributed by atoms with E-state index in [4.69, 9.17) is 9.47 Å². The van der Waals surface area contributed by atoms with Crippen molar-refractivity contribution >= 4 is 34.2 Å². The summed E-state index contributed by atoms with van der Waals surface area (Å²) in [5.74, 6) is -2.76. The zero-order chi connectivity index (χ0) is 30.1. The van der Waals surface area contributed by atoms with E-state index in [1.54, 1.807) is 15.9 Å². The Hall–Kier alpha value is -3.49. The van der Waals surface area contributed by atoms with Gasteiger partial charge in [0.15, 0.2) is 0 Å². The first-order valence-electron chi connectivity index (χ1n) is 15.0. The largest absolute Gasteiger partial charge is 0.465 e. The summed E-state index contributed by atoms with van der Waals surface area (Å²) >= 11 is 0. The molecular weight excluding hydrogens is 532 g/mol. The summed E-state index contributed by atoms with van der Waals surface area (Å²) in [5, 5.41) is 11.7. The molecule has 5 rings (SSSR count). The van der Waals surface area contributed by atoms with Gasteiger partial charge in [0.1, 0.15) is 17.6 Å². The summed E-state index contributed by atoms with van der Waals surface area (Å²) in [7, 11) is 0. The minimum absolute atomic E-state index is 0.0820. The molecule has 0 aromatic heterocycles. The first-order chi connectivity index (χ1) is 20.2. The number of hydrogen-bond acceptors (Lipinski definition) is 6. The quantitative estimate of drug-likeness (QED) is 0.213. The van der Waals surface area contributed by atoms with Gasteiger partial charge in [0, 0.05) is 25.4 Å². The average molecular weight is 575 g/mol.